The highest BCUT2D eigenvalue weighted by Gasteiger charge is 2.15. The Morgan fingerprint density at radius 3 is 2.68 bits per heavy atom. The molecule has 0 bridgehead atoms. The fourth-order valence-electron chi connectivity index (χ4n) is 1.93. The number of halogens is 2. The molecule has 1 aromatic heterocycles. The summed E-state index contributed by atoms with van der Waals surface area (Å²) in [6.07, 6.45) is 0. The fraction of sp³-hybridized carbons (Fsp3) is 0.286. The molecule has 1 aromatic carbocycles. The Kier molecular flexibility index (Phi) is 5.28. The second-order valence-electron chi connectivity index (χ2n) is 3.99. The van der Waals surface area contributed by atoms with Crippen LogP contribution >= 0.6 is 38.9 Å². The standard InChI is InChI=1S/C14H15BrClNOS/c1-3-18-11-5-4-9(8-10(11)15)14(17-2)12-6-7-13(16)19-12/h4-8,14,17H,3H2,1-2H3. The topological polar surface area (TPSA) is 21.3 Å². The summed E-state index contributed by atoms with van der Waals surface area (Å²) in [4.78, 5) is 1.20. The Morgan fingerprint density at radius 2 is 2.16 bits per heavy atom. The van der Waals surface area contributed by atoms with Crippen LogP contribution < -0.4 is 10.1 Å². The van der Waals surface area contributed by atoms with E-state index in [2.05, 4.69) is 39.4 Å². The zero-order valence-corrected chi connectivity index (χ0v) is 13.9. The van der Waals surface area contributed by atoms with Gasteiger partial charge in [0.25, 0.3) is 0 Å². The Labute approximate surface area is 130 Å². The molecule has 0 saturated carbocycles. The van der Waals surface area contributed by atoms with Crippen molar-refractivity contribution >= 4 is 38.9 Å². The molecule has 1 unspecified atom stereocenters. The summed E-state index contributed by atoms with van der Waals surface area (Å²) in [5.74, 6) is 0.866. The van der Waals surface area contributed by atoms with E-state index in [1.54, 1.807) is 11.3 Å². The minimum absolute atomic E-state index is 0.143. The van der Waals surface area contributed by atoms with Crippen molar-refractivity contribution in [2.24, 2.45) is 0 Å². The molecule has 1 N–H and O–H groups in total. The van der Waals surface area contributed by atoms with Crippen molar-refractivity contribution in [2.45, 2.75) is 13.0 Å². The van der Waals surface area contributed by atoms with E-state index in [-0.39, 0.29) is 6.04 Å². The number of nitrogens with one attached hydrogen (secondary N) is 1. The molecule has 102 valence electrons. The second-order valence-corrected chi connectivity index (χ2v) is 6.59. The normalized spacial score (nSPS) is 12.4. The molecular formula is C14H15BrClNOS. The maximum absolute atomic E-state index is 6.01. The van der Waals surface area contributed by atoms with Crippen LogP contribution in [0.5, 0.6) is 5.75 Å². The summed E-state index contributed by atoms with van der Waals surface area (Å²) in [5.41, 5.74) is 1.18. The van der Waals surface area contributed by atoms with Gasteiger partial charge in [0.2, 0.25) is 0 Å². The van der Waals surface area contributed by atoms with Gasteiger partial charge in [-0.05, 0) is 59.7 Å². The van der Waals surface area contributed by atoms with Gasteiger partial charge in [0.05, 0.1) is 21.5 Å². The van der Waals surface area contributed by atoms with Crippen molar-refractivity contribution in [1.82, 2.24) is 5.32 Å². The lowest BCUT2D eigenvalue weighted by Gasteiger charge is -2.16. The third kappa shape index (κ3) is 3.51. The lowest BCUT2D eigenvalue weighted by molar-refractivity contribution is 0.338. The van der Waals surface area contributed by atoms with E-state index in [0.29, 0.717) is 6.61 Å². The van der Waals surface area contributed by atoms with Crippen LogP contribution in [0.15, 0.2) is 34.8 Å². The molecule has 0 amide bonds. The third-order valence-corrected chi connectivity index (χ3v) is 4.67. The average Bonchev–Trinajstić information content (AvgIpc) is 2.80. The van der Waals surface area contributed by atoms with E-state index >= 15 is 0 Å². The van der Waals surface area contributed by atoms with E-state index in [1.807, 2.05) is 26.1 Å². The van der Waals surface area contributed by atoms with E-state index in [9.17, 15) is 0 Å². The van der Waals surface area contributed by atoms with Crippen molar-refractivity contribution in [3.05, 3.63) is 49.6 Å². The van der Waals surface area contributed by atoms with Crippen LogP contribution in [0.3, 0.4) is 0 Å². The smallest absolute Gasteiger partial charge is 0.133 e. The molecule has 5 heteroatoms. The number of thiophene rings is 1. The maximum Gasteiger partial charge on any atom is 0.133 e. The quantitative estimate of drug-likeness (QED) is 0.821. The van der Waals surface area contributed by atoms with E-state index in [0.717, 1.165) is 14.6 Å². The van der Waals surface area contributed by atoms with Gasteiger partial charge in [-0.25, -0.2) is 0 Å². The zero-order chi connectivity index (χ0) is 13.8. The molecule has 0 aliphatic carbocycles. The largest absolute Gasteiger partial charge is 0.493 e. The molecule has 2 aromatic rings. The van der Waals surface area contributed by atoms with Crippen LogP contribution in [0, 0.1) is 0 Å². The molecule has 2 rings (SSSR count). The summed E-state index contributed by atoms with van der Waals surface area (Å²) in [6, 6.07) is 10.3. The van der Waals surface area contributed by atoms with Crippen LogP contribution in [0.25, 0.3) is 0 Å². The molecule has 0 aliphatic heterocycles. The Bertz CT molecular complexity index is 558. The summed E-state index contributed by atoms with van der Waals surface area (Å²) in [7, 11) is 1.95. The third-order valence-electron chi connectivity index (χ3n) is 2.76. The number of ether oxygens (including phenoxy) is 1. The monoisotopic (exact) mass is 359 g/mol. The van der Waals surface area contributed by atoms with Crippen molar-refractivity contribution in [1.29, 1.82) is 0 Å². The van der Waals surface area contributed by atoms with Crippen LogP contribution in [-0.2, 0) is 0 Å². The molecule has 0 aliphatic rings. The van der Waals surface area contributed by atoms with Gasteiger partial charge in [-0.1, -0.05) is 17.7 Å². The number of benzene rings is 1. The molecule has 0 spiro atoms. The van der Waals surface area contributed by atoms with Gasteiger partial charge in [0.1, 0.15) is 5.75 Å². The molecule has 0 saturated heterocycles. The predicted molar refractivity (Wildman–Crippen MR) is 85.5 cm³/mol. The van der Waals surface area contributed by atoms with Gasteiger partial charge in [-0.3, -0.25) is 0 Å². The number of hydrogen-bond acceptors (Lipinski definition) is 3. The van der Waals surface area contributed by atoms with Gasteiger partial charge in [0.15, 0.2) is 0 Å². The first-order valence-corrected chi connectivity index (χ1v) is 7.99. The number of rotatable bonds is 5. The zero-order valence-electron chi connectivity index (χ0n) is 10.7. The highest BCUT2D eigenvalue weighted by atomic mass is 79.9. The highest BCUT2D eigenvalue weighted by Crippen LogP contribution is 2.34. The van der Waals surface area contributed by atoms with Crippen molar-refractivity contribution in [3.8, 4) is 5.75 Å². The summed E-state index contributed by atoms with van der Waals surface area (Å²) in [6.45, 7) is 2.64. The SMILES string of the molecule is CCOc1ccc(C(NC)c2ccc(Cl)s2)cc1Br. The Hall–Kier alpha value is -0.550. The van der Waals surface area contributed by atoms with Crippen LogP contribution in [0.1, 0.15) is 23.4 Å². The van der Waals surface area contributed by atoms with Crippen LogP contribution in [0.2, 0.25) is 4.34 Å². The Morgan fingerprint density at radius 1 is 1.37 bits per heavy atom. The van der Waals surface area contributed by atoms with E-state index in [4.69, 9.17) is 16.3 Å². The molecule has 0 fully saturated rings. The molecule has 2 nitrogen and oxygen atoms in total. The van der Waals surface area contributed by atoms with Gasteiger partial charge >= 0.3 is 0 Å². The fourth-order valence-corrected chi connectivity index (χ4v) is 3.64. The number of hydrogen-bond donors (Lipinski definition) is 1. The Balaban J connectivity index is 2.31. The van der Waals surface area contributed by atoms with Gasteiger partial charge in [-0.15, -0.1) is 11.3 Å². The van der Waals surface area contributed by atoms with Crippen molar-refractivity contribution < 1.29 is 4.74 Å². The molecule has 19 heavy (non-hydrogen) atoms. The van der Waals surface area contributed by atoms with Crippen molar-refractivity contribution in [3.63, 3.8) is 0 Å². The first-order valence-electron chi connectivity index (χ1n) is 6.00. The van der Waals surface area contributed by atoms with Gasteiger partial charge in [0, 0.05) is 4.88 Å². The highest BCUT2D eigenvalue weighted by molar-refractivity contribution is 9.10. The second kappa shape index (κ2) is 6.75. The minimum atomic E-state index is 0.143. The van der Waals surface area contributed by atoms with Crippen molar-refractivity contribution in [2.75, 3.05) is 13.7 Å². The summed E-state index contributed by atoms with van der Waals surface area (Å²) < 4.78 is 7.30. The lowest BCUT2D eigenvalue weighted by atomic mass is 10.1. The molecule has 0 radical (unpaired) electrons. The first kappa shape index (κ1) is 14.9. The van der Waals surface area contributed by atoms with Gasteiger partial charge < -0.3 is 10.1 Å². The first-order chi connectivity index (χ1) is 9.15. The summed E-state index contributed by atoms with van der Waals surface area (Å²) >= 11 is 11.1. The molecule has 1 heterocycles. The predicted octanol–water partition coefficient (Wildman–Crippen LogP) is 4.87. The van der Waals surface area contributed by atoms with Crippen LogP contribution in [-0.4, -0.2) is 13.7 Å². The summed E-state index contributed by atoms with van der Waals surface area (Å²) in [5, 5.41) is 3.32. The van der Waals surface area contributed by atoms with Gasteiger partial charge in [-0.2, -0.15) is 0 Å². The lowest BCUT2D eigenvalue weighted by Crippen LogP contribution is -2.16. The minimum Gasteiger partial charge on any atom is -0.493 e. The average molecular weight is 361 g/mol. The molecule has 1 atom stereocenters. The van der Waals surface area contributed by atoms with E-state index < -0.39 is 0 Å². The molecular weight excluding hydrogens is 346 g/mol. The maximum atomic E-state index is 6.01. The van der Waals surface area contributed by atoms with E-state index in [1.165, 1.54) is 10.4 Å². The van der Waals surface area contributed by atoms with Crippen LogP contribution in [0.4, 0.5) is 0 Å².